The average molecular weight is 250 g/mol. The van der Waals surface area contributed by atoms with Crippen molar-refractivity contribution in [1.82, 2.24) is 9.88 Å². The van der Waals surface area contributed by atoms with Crippen LogP contribution in [0.3, 0.4) is 0 Å². The molecule has 0 bridgehead atoms. The molecule has 94 valence electrons. The molecule has 0 spiro atoms. The minimum atomic E-state index is -1.58. The van der Waals surface area contributed by atoms with Crippen molar-refractivity contribution >= 4 is 8.32 Å². The fourth-order valence-electron chi connectivity index (χ4n) is 2.34. The summed E-state index contributed by atoms with van der Waals surface area (Å²) in [4.78, 5) is 6.83. The molecule has 4 heteroatoms. The molecule has 1 aliphatic heterocycles. The SMILES string of the molecule is CN1CCCC1c1cccnc1O[Si](C)(C)C. The van der Waals surface area contributed by atoms with Gasteiger partial charge < -0.3 is 4.43 Å². The second-order valence-electron chi connectivity index (χ2n) is 5.75. The Labute approximate surface area is 105 Å². The lowest BCUT2D eigenvalue weighted by atomic mass is 10.1. The third kappa shape index (κ3) is 3.07. The van der Waals surface area contributed by atoms with E-state index in [9.17, 15) is 0 Å². The van der Waals surface area contributed by atoms with Crippen LogP contribution in [0.1, 0.15) is 24.4 Å². The maximum Gasteiger partial charge on any atom is 0.244 e. The van der Waals surface area contributed by atoms with Crippen LogP contribution in [0.5, 0.6) is 5.88 Å². The second kappa shape index (κ2) is 4.78. The van der Waals surface area contributed by atoms with Crippen molar-refractivity contribution in [1.29, 1.82) is 0 Å². The standard InChI is InChI=1S/C13H22N2OSi/c1-15-10-6-8-12(15)11-7-5-9-14-13(11)16-17(2,3)4/h5,7,9,12H,6,8,10H2,1-4H3. The van der Waals surface area contributed by atoms with Crippen LogP contribution in [0.2, 0.25) is 19.6 Å². The van der Waals surface area contributed by atoms with E-state index in [1.807, 2.05) is 12.3 Å². The van der Waals surface area contributed by atoms with Crippen molar-refractivity contribution in [3.63, 3.8) is 0 Å². The van der Waals surface area contributed by atoms with Gasteiger partial charge in [0.05, 0.1) is 0 Å². The predicted molar refractivity (Wildman–Crippen MR) is 72.8 cm³/mol. The van der Waals surface area contributed by atoms with Gasteiger partial charge in [0.2, 0.25) is 14.2 Å². The van der Waals surface area contributed by atoms with Crippen molar-refractivity contribution in [3.05, 3.63) is 23.9 Å². The van der Waals surface area contributed by atoms with Gasteiger partial charge in [0.25, 0.3) is 0 Å². The number of likely N-dealkylation sites (tertiary alicyclic amines) is 1. The van der Waals surface area contributed by atoms with Gasteiger partial charge in [-0.05, 0) is 52.1 Å². The Morgan fingerprint density at radius 3 is 2.76 bits per heavy atom. The van der Waals surface area contributed by atoms with Gasteiger partial charge in [-0.2, -0.15) is 0 Å². The highest BCUT2D eigenvalue weighted by atomic mass is 28.4. The Bertz CT molecular complexity index is 389. The maximum atomic E-state index is 6.09. The number of aromatic nitrogens is 1. The van der Waals surface area contributed by atoms with Crippen molar-refractivity contribution in [2.45, 2.75) is 38.5 Å². The van der Waals surface area contributed by atoms with Crippen LogP contribution >= 0.6 is 0 Å². The number of hydrogen-bond acceptors (Lipinski definition) is 3. The van der Waals surface area contributed by atoms with E-state index in [4.69, 9.17) is 4.43 Å². The molecule has 0 radical (unpaired) electrons. The highest BCUT2D eigenvalue weighted by Gasteiger charge is 2.27. The lowest BCUT2D eigenvalue weighted by molar-refractivity contribution is 0.311. The molecule has 0 N–H and O–H groups in total. The molecule has 0 aromatic carbocycles. The van der Waals surface area contributed by atoms with Gasteiger partial charge in [0.1, 0.15) is 0 Å². The van der Waals surface area contributed by atoms with E-state index >= 15 is 0 Å². The molecule has 17 heavy (non-hydrogen) atoms. The van der Waals surface area contributed by atoms with Gasteiger partial charge in [-0.15, -0.1) is 0 Å². The van der Waals surface area contributed by atoms with Crippen LogP contribution < -0.4 is 4.43 Å². The lowest BCUT2D eigenvalue weighted by Gasteiger charge is -2.25. The third-order valence-electron chi connectivity index (χ3n) is 3.08. The molecular formula is C13H22N2OSi. The molecule has 2 heterocycles. The first kappa shape index (κ1) is 12.6. The summed E-state index contributed by atoms with van der Waals surface area (Å²) in [5.41, 5.74) is 1.26. The molecule has 0 amide bonds. The third-order valence-corrected chi connectivity index (χ3v) is 3.89. The molecule has 1 aromatic heterocycles. The van der Waals surface area contributed by atoms with Gasteiger partial charge in [-0.1, -0.05) is 6.07 Å². The summed E-state index contributed by atoms with van der Waals surface area (Å²) in [6.07, 6.45) is 4.31. The minimum Gasteiger partial charge on any atom is -0.531 e. The van der Waals surface area contributed by atoms with E-state index < -0.39 is 8.32 Å². The number of rotatable bonds is 3. The van der Waals surface area contributed by atoms with E-state index in [1.54, 1.807) is 0 Å². The zero-order valence-electron chi connectivity index (χ0n) is 11.2. The fraction of sp³-hybridized carbons (Fsp3) is 0.615. The van der Waals surface area contributed by atoms with Crippen LogP contribution in [-0.4, -0.2) is 31.8 Å². The second-order valence-corrected chi connectivity index (χ2v) is 10.2. The summed E-state index contributed by atoms with van der Waals surface area (Å²) in [6, 6.07) is 4.66. The molecule has 2 rings (SSSR count). The number of hydrogen-bond donors (Lipinski definition) is 0. The lowest BCUT2D eigenvalue weighted by Crippen LogP contribution is -2.31. The molecule has 3 nitrogen and oxygen atoms in total. The largest absolute Gasteiger partial charge is 0.531 e. The first-order valence-electron chi connectivity index (χ1n) is 6.31. The van der Waals surface area contributed by atoms with Gasteiger partial charge in [-0.3, -0.25) is 4.90 Å². The Morgan fingerprint density at radius 2 is 2.18 bits per heavy atom. The number of pyridine rings is 1. The van der Waals surface area contributed by atoms with Crippen LogP contribution in [0.15, 0.2) is 18.3 Å². The Morgan fingerprint density at radius 1 is 1.41 bits per heavy atom. The van der Waals surface area contributed by atoms with E-state index in [2.05, 4.69) is 42.6 Å². The van der Waals surface area contributed by atoms with Crippen molar-refractivity contribution in [3.8, 4) is 5.88 Å². The van der Waals surface area contributed by atoms with E-state index in [0.717, 1.165) is 5.88 Å². The molecule has 0 saturated carbocycles. The summed E-state index contributed by atoms with van der Waals surface area (Å²) >= 11 is 0. The quantitative estimate of drug-likeness (QED) is 0.771. The van der Waals surface area contributed by atoms with Crippen molar-refractivity contribution in [2.24, 2.45) is 0 Å². The molecule has 1 fully saturated rings. The van der Waals surface area contributed by atoms with E-state index in [-0.39, 0.29) is 0 Å². The van der Waals surface area contributed by atoms with E-state index in [1.165, 1.54) is 24.9 Å². The fourth-order valence-corrected chi connectivity index (χ4v) is 3.09. The van der Waals surface area contributed by atoms with Crippen LogP contribution in [0.4, 0.5) is 0 Å². The Balaban J connectivity index is 2.27. The summed E-state index contributed by atoms with van der Waals surface area (Å²) in [5, 5.41) is 0. The highest BCUT2D eigenvalue weighted by Crippen LogP contribution is 2.35. The monoisotopic (exact) mass is 250 g/mol. The summed E-state index contributed by atoms with van der Waals surface area (Å²) < 4.78 is 6.09. The zero-order chi connectivity index (χ0) is 12.5. The molecule has 1 aliphatic rings. The van der Waals surface area contributed by atoms with Crippen LogP contribution in [-0.2, 0) is 0 Å². The Hall–Kier alpha value is -0.873. The average Bonchev–Trinajstić information content (AvgIpc) is 2.63. The molecule has 0 aliphatic carbocycles. The van der Waals surface area contributed by atoms with Gasteiger partial charge in [0, 0.05) is 17.8 Å². The first-order chi connectivity index (χ1) is 7.97. The molecular weight excluding hydrogens is 228 g/mol. The normalized spacial score (nSPS) is 21.8. The molecule has 1 aromatic rings. The molecule has 1 saturated heterocycles. The highest BCUT2D eigenvalue weighted by molar-refractivity contribution is 6.70. The topological polar surface area (TPSA) is 25.4 Å². The smallest absolute Gasteiger partial charge is 0.244 e. The van der Waals surface area contributed by atoms with Gasteiger partial charge >= 0.3 is 0 Å². The molecule has 1 unspecified atom stereocenters. The predicted octanol–water partition coefficient (Wildman–Crippen LogP) is 3.06. The van der Waals surface area contributed by atoms with Gasteiger partial charge in [-0.25, -0.2) is 4.98 Å². The van der Waals surface area contributed by atoms with Crippen LogP contribution in [0.25, 0.3) is 0 Å². The van der Waals surface area contributed by atoms with Gasteiger partial charge in [0.15, 0.2) is 0 Å². The molecule has 1 atom stereocenters. The number of nitrogens with zero attached hydrogens (tertiary/aromatic N) is 2. The summed E-state index contributed by atoms with van der Waals surface area (Å²) in [5.74, 6) is 0.852. The summed E-state index contributed by atoms with van der Waals surface area (Å²) in [7, 11) is 0.600. The van der Waals surface area contributed by atoms with Crippen molar-refractivity contribution in [2.75, 3.05) is 13.6 Å². The van der Waals surface area contributed by atoms with Crippen molar-refractivity contribution < 1.29 is 4.43 Å². The summed E-state index contributed by atoms with van der Waals surface area (Å²) in [6.45, 7) is 7.77. The Kier molecular flexibility index (Phi) is 3.54. The minimum absolute atomic E-state index is 0.482. The van der Waals surface area contributed by atoms with Crippen LogP contribution in [0, 0.1) is 0 Å². The maximum absolute atomic E-state index is 6.09. The zero-order valence-corrected chi connectivity index (χ0v) is 12.2. The first-order valence-corrected chi connectivity index (χ1v) is 9.72. The van der Waals surface area contributed by atoms with E-state index in [0.29, 0.717) is 6.04 Å².